The average Bonchev–Trinajstić information content (AvgIpc) is 2.83. The Hall–Kier alpha value is -0.610. The fourth-order valence-corrected chi connectivity index (χ4v) is 3.68. The maximum Gasteiger partial charge on any atom is 0.128 e. The topological polar surface area (TPSA) is 12.0 Å². The molecule has 4 heteroatoms. The van der Waals surface area contributed by atoms with E-state index in [1.54, 1.807) is 0 Å². The summed E-state index contributed by atoms with van der Waals surface area (Å²) in [6.07, 6.45) is 2.23. The highest BCUT2D eigenvalue weighted by Crippen LogP contribution is 2.36. The van der Waals surface area contributed by atoms with Gasteiger partial charge in [0.05, 0.1) is 0 Å². The van der Waals surface area contributed by atoms with Crippen LogP contribution in [0.4, 0.5) is 8.78 Å². The second kappa shape index (κ2) is 5.83. The van der Waals surface area contributed by atoms with Crippen molar-refractivity contribution in [1.82, 2.24) is 5.32 Å². The minimum atomic E-state index is -0.368. The molecule has 1 saturated heterocycles. The van der Waals surface area contributed by atoms with Crippen molar-refractivity contribution in [2.75, 3.05) is 12.3 Å². The van der Waals surface area contributed by atoms with Gasteiger partial charge in [0.15, 0.2) is 0 Å². The van der Waals surface area contributed by atoms with Crippen LogP contribution in [0.5, 0.6) is 0 Å². The highest BCUT2D eigenvalue weighted by atomic mass is 32.2. The number of halogens is 2. The second-order valence-electron chi connectivity index (χ2n) is 4.25. The largest absolute Gasteiger partial charge is 0.309 e. The van der Waals surface area contributed by atoms with Crippen molar-refractivity contribution < 1.29 is 8.78 Å². The first-order chi connectivity index (χ1) is 8.22. The smallest absolute Gasteiger partial charge is 0.128 e. The molecule has 1 nitrogen and oxygen atoms in total. The summed E-state index contributed by atoms with van der Waals surface area (Å²) in [5, 5.41) is 3.63. The van der Waals surface area contributed by atoms with Crippen LogP contribution in [0.3, 0.4) is 0 Å². The first kappa shape index (κ1) is 12.8. The highest BCUT2D eigenvalue weighted by Gasteiger charge is 2.28. The molecule has 17 heavy (non-hydrogen) atoms. The zero-order chi connectivity index (χ0) is 12.3. The molecule has 0 radical (unpaired) electrons. The van der Waals surface area contributed by atoms with Crippen molar-refractivity contribution in [3.05, 3.63) is 35.4 Å². The van der Waals surface area contributed by atoms with Crippen LogP contribution >= 0.6 is 11.8 Å². The van der Waals surface area contributed by atoms with E-state index in [9.17, 15) is 8.78 Å². The van der Waals surface area contributed by atoms with Crippen LogP contribution in [0, 0.1) is 11.6 Å². The van der Waals surface area contributed by atoms with Crippen molar-refractivity contribution >= 4 is 11.8 Å². The first-order valence-corrected chi connectivity index (χ1v) is 7.07. The molecule has 2 rings (SSSR count). The summed E-state index contributed by atoms with van der Waals surface area (Å²) in [6, 6.07) is 3.63. The van der Waals surface area contributed by atoms with Crippen LogP contribution in [-0.4, -0.2) is 17.5 Å². The molecule has 0 aliphatic carbocycles. The summed E-state index contributed by atoms with van der Waals surface area (Å²) in [6.45, 7) is 2.75. The van der Waals surface area contributed by atoms with Gasteiger partial charge in [-0.15, -0.1) is 0 Å². The molecule has 0 amide bonds. The molecule has 94 valence electrons. The fraction of sp³-hybridized carbons (Fsp3) is 0.538. The normalized spacial score (nSPS) is 21.7. The Labute approximate surface area is 105 Å². The maximum absolute atomic E-state index is 13.8. The van der Waals surface area contributed by atoms with Crippen molar-refractivity contribution in [1.29, 1.82) is 0 Å². The first-order valence-electron chi connectivity index (χ1n) is 6.02. The zero-order valence-electron chi connectivity index (χ0n) is 9.88. The zero-order valence-corrected chi connectivity index (χ0v) is 10.7. The Balaban J connectivity index is 2.27. The second-order valence-corrected chi connectivity index (χ2v) is 5.60. The van der Waals surface area contributed by atoms with Crippen LogP contribution in [0.15, 0.2) is 18.2 Å². The van der Waals surface area contributed by atoms with Crippen LogP contribution in [0.2, 0.25) is 0 Å². The van der Waals surface area contributed by atoms with Gasteiger partial charge in [0.1, 0.15) is 11.6 Å². The van der Waals surface area contributed by atoms with E-state index in [4.69, 9.17) is 0 Å². The van der Waals surface area contributed by atoms with Crippen LogP contribution < -0.4 is 5.32 Å². The van der Waals surface area contributed by atoms with E-state index < -0.39 is 0 Å². The lowest BCUT2D eigenvalue weighted by Crippen LogP contribution is -2.29. The summed E-state index contributed by atoms with van der Waals surface area (Å²) in [5.74, 6) is 0.431. The molecule has 1 aromatic rings. The standard InChI is InChI=1S/C13H17F2NS/c1-2-16-13(12-4-3-7-17-12)10-8-9(14)5-6-11(10)15/h5-6,8,12-13,16H,2-4,7H2,1H3. The number of hydrogen-bond donors (Lipinski definition) is 1. The van der Waals surface area contributed by atoms with Crippen molar-refractivity contribution in [3.8, 4) is 0 Å². The summed E-state index contributed by atoms with van der Waals surface area (Å²) in [4.78, 5) is 0. The Morgan fingerprint density at radius 2 is 2.29 bits per heavy atom. The van der Waals surface area contributed by atoms with Crippen molar-refractivity contribution in [3.63, 3.8) is 0 Å². The molecule has 1 aliphatic rings. The molecule has 1 fully saturated rings. The Morgan fingerprint density at radius 3 is 2.94 bits per heavy atom. The average molecular weight is 257 g/mol. The maximum atomic E-state index is 13.8. The molecule has 0 spiro atoms. The lowest BCUT2D eigenvalue weighted by Gasteiger charge is -2.24. The third-order valence-corrected chi connectivity index (χ3v) is 4.51. The van der Waals surface area contributed by atoms with Gasteiger partial charge in [-0.2, -0.15) is 11.8 Å². The van der Waals surface area contributed by atoms with Crippen molar-refractivity contribution in [2.24, 2.45) is 0 Å². The Bertz CT molecular complexity index is 378. The van der Waals surface area contributed by atoms with Gasteiger partial charge in [0.25, 0.3) is 0 Å². The minimum Gasteiger partial charge on any atom is -0.309 e. The lowest BCUT2D eigenvalue weighted by molar-refractivity contribution is 0.483. The van der Waals surface area contributed by atoms with Crippen LogP contribution in [0.25, 0.3) is 0 Å². The molecular weight excluding hydrogens is 240 g/mol. The lowest BCUT2D eigenvalue weighted by atomic mass is 10.00. The molecule has 1 aromatic carbocycles. The quantitative estimate of drug-likeness (QED) is 0.886. The Kier molecular flexibility index (Phi) is 4.40. The van der Waals surface area contributed by atoms with Gasteiger partial charge in [0.2, 0.25) is 0 Å². The van der Waals surface area contributed by atoms with E-state index in [1.165, 1.54) is 18.2 Å². The molecule has 0 saturated carbocycles. The Morgan fingerprint density at radius 1 is 1.47 bits per heavy atom. The molecule has 0 bridgehead atoms. The van der Waals surface area contributed by atoms with Gasteiger partial charge in [-0.05, 0) is 43.3 Å². The van der Waals surface area contributed by atoms with Gasteiger partial charge >= 0.3 is 0 Å². The number of thioether (sulfide) groups is 1. The summed E-state index contributed by atoms with van der Waals surface area (Å²) in [7, 11) is 0. The van der Waals surface area contributed by atoms with Crippen molar-refractivity contribution in [2.45, 2.75) is 31.1 Å². The van der Waals surface area contributed by atoms with Gasteiger partial charge in [-0.3, -0.25) is 0 Å². The van der Waals surface area contributed by atoms with E-state index in [1.807, 2.05) is 18.7 Å². The molecule has 1 N–H and O–H groups in total. The van der Waals surface area contributed by atoms with E-state index in [0.717, 1.165) is 25.1 Å². The highest BCUT2D eigenvalue weighted by molar-refractivity contribution is 8.00. The number of rotatable bonds is 4. The van der Waals surface area contributed by atoms with E-state index in [-0.39, 0.29) is 17.7 Å². The molecule has 0 aromatic heterocycles. The van der Waals surface area contributed by atoms with Crippen LogP contribution in [0.1, 0.15) is 31.4 Å². The van der Waals surface area contributed by atoms with E-state index in [0.29, 0.717) is 10.8 Å². The summed E-state index contributed by atoms with van der Waals surface area (Å²) >= 11 is 1.85. The number of nitrogens with one attached hydrogen (secondary N) is 1. The molecule has 1 aliphatic heterocycles. The predicted octanol–water partition coefficient (Wildman–Crippen LogP) is 3.51. The van der Waals surface area contributed by atoms with Gasteiger partial charge in [-0.25, -0.2) is 8.78 Å². The van der Waals surface area contributed by atoms with E-state index in [2.05, 4.69) is 5.32 Å². The third-order valence-electron chi connectivity index (χ3n) is 3.05. The number of hydrogen-bond acceptors (Lipinski definition) is 2. The monoisotopic (exact) mass is 257 g/mol. The summed E-state index contributed by atoms with van der Waals surface area (Å²) in [5.41, 5.74) is 0.464. The van der Waals surface area contributed by atoms with Crippen LogP contribution in [-0.2, 0) is 0 Å². The SMILES string of the molecule is CCNC(c1cc(F)ccc1F)C1CCCS1. The molecule has 2 atom stereocenters. The van der Waals surface area contributed by atoms with Gasteiger partial charge < -0.3 is 5.32 Å². The predicted molar refractivity (Wildman–Crippen MR) is 68.3 cm³/mol. The molecule has 1 heterocycles. The molecule has 2 unspecified atom stereocenters. The molecular formula is C13H17F2NS. The number of benzene rings is 1. The van der Waals surface area contributed by atoms with Gasteiger partial charge in [-0.1, -0.05) is 6.92 Å². The van der Waals surface area contributed by atoms with E-state index >= 15 is 0 Å². The van der Waals surface area contributed by atoms with Gasteiger partial charge in [0, 0.05) is 16.9 Å². The summed E-state index contributed by atoms with van der Waals surface area (Å²) < 4.78 is 27.0. The fourth-order valence-electron chi connectivity index (χ4n) is 2.28. The third kappa shape index (κ3) is 2.99. The minimum absolute atomic E-state index is 0.0804.